The van der Waals surface area contributed by atoms with Crippen LogP contribution in [0.25, 0.3) is 0 Å². The van der Waals surface area contributed by atoms with Crippen molar-refractivity contribution in [2.24, 2.45) is 5.14 Å². The van der Waals surface area contributed by atoms with E-state index in [2.05, 4.69) is 24.4 Å². The van der Waals surface area contributed by atoms with E-state index < -0.39 is 14.9 Å². The fourth-order valence-corrected chi connectivity index (χ4v) is 4.27. The third-order valence-corrected chi connectivity index (χ3v) is 6.12. The molecule has 1 heterocycles. The number of nitro groups is 1. The molecule has 2 aromatic rings. The zero-order valence-electron chi connectivity index (χ0n) is 15.6. The third-order valence-electron chi connectivity index (χ3n) is 5.23. The molecule has 1 aliphatic heterocycles. The van der Waals surface area contributed by atoms with Crippen LogP contribution < -0.4 is 10.5 Å². The van der Waals surface area contributed by atoms with E-state index in [1.165, 1.54) is 17.7 Å². The SMILES string of the molecule is Cc1ccccc1C1(CNc2cc([N+](=O)[O-])cc(S(N)(=O)=O)c2)CCOCC1. The smallest absolute Gasteiger partial charge is 0.272 e. The molecule has 1 fully saturated rings. The maximum atomic E-state index is 11.7. The van der Waals surface area contributed by atoms with Gasteiger partial charge in [-0.3, -0.25) is 10.1 Å². The number of nitrogens with one attached hydrogen (secondary N) is 1. The minimum Gasteiger partial charge on any atom is -0.384 e. The molecule has 0 atom stereocenters. The Morgan fingerprint density at radius 1 is 1.21 bits per heavy atom. The van der Waals surface area contributed by atoms with Crippen LogP contribution in [0.4, 0.5) is 11.4 Å². The fraction of sp³-hybridized carbons (Fsp3) is 0.368. The number of non-ortho nitro benzene ring substituents is 1. The van der Waals surface area contributed by atoms with Gasteiger partial charge in [-0.1, -0.05) is 24.3 Å². The molecule has 150 valence electrons. The first kappa shape index (κ1) is 20.2. The van der Waals surface area contributed by atoms with Crippen molar-refractivity contribution in [1.82, 2.24) is 0 Å². The minimum atomic E-state index is -4.06. The molecule has 0 amide bonds. The number of ether oxygens (including phenoxy) is 1. The summed E-state index contributed by atoms with van der Waals surface area (Å²) in [5.41, 5.74) is 2.16. The summed E-state index contributed by atoms with van der Waals surface area (Å²) in [5, 5.41) is 19.6. The molecule has 3 rings (SSSR count). The Bertz CT molecular complexity index is 985. The highest BCUT2D eigenvalue weighted by Gasteiger charge is 2.35. The quantitative estimate of drug-likeness (QED) is 0.562. The predicted molar refractivity (Wildman–Crippen MR) is 106 cm³/mol. The van der Waals surface area contributed by atoms with Gasteiger partial charge in [-0.05, 0) is 37.0 Å². The molecule has 0 unspecified atom stereocenters. The summed E-state index contributed by atoms with van der Waals surface area (Å²) in [7, 11) is -4.06. The maximum absolute atomic E-state index is 11.7. The van der Waals surface area contributed by atoms with Crippen LogP contribution in [0.3, 0.4) is 0 Å². The Balaban J connectivity index is 1.95. The molecule has 9 heteroatoms. The number of sulfonamides is 1. The molecule has 0 saturated carbocycles. The highest BCUT2D eigenvalue weighted by molar-refractivity contribution is 7.89. The lowest BCUT2D eigenvalue weighted by Crippen LogP contribution is -2.40. The van der Waals surface area contributed by atoms with Crippen molar-refractivity contribution >= 4 is 21.4 Å². The summed E-state index contributed by atoms with van der Waals surface area (Å²) >= 11 is 0. The maximum Gasteiger partial charge on any atom is 0.272 e. The van der Waals surface area contributed by atoms with Crippen molar-refractivity contribution in [3.63, 3.8) is 0 Å². The number of primary sulfonamides is 1. The van der Waals surface area contributed by atoms with Gasteiger partial charge in [0.15, 0.2) is 0 Å². The number of aryl methyl sites for hydroxylation is 1. The molecule has 28 heavy (non-hydrogen) atoms. The summed E-state index contributed by atoms with van der Waals surface area (Å²) < 4.78 is 29.0. The molecule has 0 aromatic heterocycles. The van der Waals surface area contributed by atoms with Crippen molar-refractivity contribution in [1.29, 1.82) is 0 Å². The summed E-state index contributed by atoms with van der Waals surface area (Å²) in [4.78, 5) is 10.3. The summed E-state index contributed by atoms with van der Waals surface area (Å²) in [6.07, 6.45) is 1.59. The lowest BCUT2D eigenvalue weighted by atomic mass is 9.72. The van der Waals surface area contributed by atoms with Gasteiger partial charge in [-0.25, -0.2) is 13.6 Å². The molecule has 1 aliphatic rings. The van der Waals surface area contributed by atoms with Gasteiger partial charge in [0.05, 0.1) is 9.82 Å². The highest BCUT2D eigenvalue weighted by Crippen LogP contribution is 2.37. The van der Waals surface area contributed by atoms with E-state index in [4.69, 9.17) is 9.88 Å². The largest absolute Gasteiger partial charge is 0.384 e. The second-order valence-corrected chi connectivity index (χ2v) is 8.64. The summed E-state index contributed by atoms with van der Waals surface area (Å²) in [6.45, 7) is 3.78. The van der Waals surface area contributed by atoms with Crippen molar-refractivity contribution in [3.8, 4) is 0 Å². The monoisotopic (exact) mass is 405 g/mol. The van der Waals surface area contributed by atoms with Crippen molar-refractivity contribution in [3.05, 3.63) is 63.7 Å². The Morgan fingerprint density at radius 2 is 1.89 bits per heavy atom. The first-order valence-electron chi connectivity index (χ1n) is 8.91. The van der Waals surface area contributed by atoms with Crippen LogP contribution in [0.1, 0.15) is 24.0 Å². The molecule has 0 radical (unpaired) electrons. The average Bonchev–Trinajstić information content (AvgIpc) is 2.66. The third kappa shape index (κ3) is 4.32. The second kappa shape index (κ2) is 7.86. The fourth-order valence-electron chi connectivity index (χ4n) is 3.70. The molecule has 0 aliphatic carbocycles. The van der Waals surface area contributed by atoms with Gasteiger partial charge in [0.2, 0.25) is 10.0 Å². The van der Waals surface area contributed by atoms with Crippen LogP contribution in [0.5, 0.6) is 0 Å². The molecule has 0 bridgehead atoms. The van der Waals surface area contributed by atoms with Crippen molar-refractivity contribution in [2.45, 2.75) is 30.1 Å². The van der Waals surface area contributed by atoms with Crippen LogP contribution in [0.15, 0.2) is 47.4 Å². The van der Waals surface area contributed by atoms with Crippen LogP contribution >= 0.6 is 0 Å². The molecular weight excluding hydrogens is 382 g/mol. The van der Waals surface area contributed by atoms with E-state index in [-0.39, 0.29) is 16.0 Å². The van der Waals surface area contributed by atoms with E-state index in [1.54, 1.807) is 0 Å². The Morgan fingerprint density at radius 3 is 2.50 bits per heavy atom. The Kier molecular flexibility index (Phi) is 5.69. The number of nitrogens with two attached hydrogens (primary N) is 1. The molecule has 2 aromatic carbocycles. The standard InChI is InChI=1S/C19H23N3O5S/c1-14-4-2-3-5-18(14)19(6-8-27-9-7-19)13-21-15-10-16(22(23)24)12-17(11-15)28(20,25)26/h2-5,10-12,21H,6-9,13H2,1H3,(H2,20,25,26). The van der Waals surface area contributed by atoms with E-state index in [9.17, 15) is 18.5 Å². The molecule has 1 saturated heterocycles. The van der Waals surface area contributed by atoms with Gasteiger partial charge in [0, 0.05) is 43.0 Å². The second-order valence-electron chi connectivity index (χ2n) is 7.08. The van der Waals surface area contributed by atoms with Gasteiger partial charge in [-0.2, -0.15) is 0 Å². The molecule has 3 N–H and O–H groups in total. The van der Waals surface area contributed by atoms with Crippen molar-refractivity contribution in [2.75, 3.05) is 25.1 Å². The topological polar surface area (TPSA) is 125 Å². The number of nitrogens with zero attached hydrogens (tertiary/aromatic N) is 1. The van der Waals surface area contributed by atoms with Crippen LogP contribution in [0, 0.1) is 17.0 Å². The van der Waals surface area contributed by atoms with E-state index in [1.807, 2.05) is 12.1 Å². The molecule has 0 spiro atoms. The first-order chi connectivity index (χ1) is 13.2. The number of nitro benzene ring substituents is 1. The average molecular weight is 405 g/mol. The first-order valence-corrected chi connectivity index (χ1v) is 10.5. The van der Waals surface area contributed by atoms with Gasteiger partial charge in [0.1, 0.15) is 0 Å². The number of anilines is 1. The number of hydrogen-bond acceptors (Lipinski definition) is 6. The van der Waals surface area contributed by atoms with Gasteiger partial charge in [0.25, 0.3) is 5.69 Å². The van der Waals surface area contributed by atoms with Gasteiger partial charge in [-0.15, -0.1) is 0 Å². The van der Waals surface area contributed by atoms with Crippen LogP contribution in [-0.4, -0.2) is 33.1 Å². The van der Waals surface area contributed by atoms with Crippen molar-refractivity contribution < 1.29 is 18.1 Å². The van der Waals surface area contributed by atoms with E-state index in [0.717, 1.165) is 24.5 Å². The zero-order chi connectivity index (χ0) is 20.4. The number of benzene rings is 2. The van der Waals surface area contributed by atoms with Crippen LogP contribution in [0.2, 0.25) is 0 Å². The predicted octanol–water partition coefficient (Wildman–Crippen LogP) is 2.71. The van der Waals surface area contributed by atoms with Gasteiger partial charge < -0.3 is 10.1 Å². The normalized spacial score (nSPS) is 16.5. The number of hydrogen-bond donors (Lipinski definition) is 2. The zero-order valence-corrected chi connectivity index (χ0v) is 16.4. The molecule has 8 nitrogen and oxygen atoms in total. The van der Waals surface area contributed by atoms with E-state index >= 15 is 0 Å². The Hall–Kier alpha value is -2.49. The van der Waals surface area contributed by atoms with Gasteiger partial charge >= 0.3 is 0 Å². The highest BCUT2D eigenvalue weighted by atomic mass is 32.2. The number of rotatable bonds is 6. The Labute approximate surface area is 163 Å². The van der Waals surface area contributed by atoms with E-state index in [0.29, 0.717) is 25.4 Å². The molecular formula is C19H23N3O5S. The lowest BCUT2D eigenvalue weighted by Gasteiger charge is -2.39. The van der Waals surface area contributed by atoms with Crippen LogP contribution in [-0.2, 0) is 20.2 Å². The lowest BCUT2D eigenvalue weighted by molar-refractivity contribution is -0.385. The summed E-state index contributed by atoms with van der Waals surface area (Å²) in [6, 6.07) is 11.7. The summed E-state index contributed by atoms with van der Waals surface area (Å²) in [5.74, 6) is 0. The minimum absolute atomic E-state index is 0.212.